The number of carboxylic acid groups (broad SMARTS) is 1. The first-order valence-electron chi connectivity index (χ1n) is 5.64. The molecule has 2 rings (SSSR count). The molecule has 2 atom stereocenters. The summed E-state index contributed by atoms with van der Waals surface area (Å²) < 4.78 is 0. The Kier molecular flexibility index (Phi) is 3.13. The van der Waals surface area contributed by atoms with Crippen molar-refractivity contribution in [3.05, 3.63) is 35.4 Å². The molecule has 17 heavy (non-hydrogen) atoms. The third kappa shape index (κ3) is 2.64. The summed E-state index contributed by atoms with van der Waals surface area (Å²) in [6.45, 7) is 2.00. The zero-order chi connectivity index (χ0) is 12.4. The normalized spacial score (nSPS) is 23.5. The van der Waals surface area contributed by atoms with Gasteiger partial charge >= 0.3 is 5.97 Å². The quantitative estimate of drug-likeness (QED) is 0.822. The van der Waals surface area contributed by atoms with E-state index in [1.165, 1.54) is 5.56 Å². The van der Waals surface area contributed by atoms with Crippen LogP contribution < -0.4 is 5.32 Å². The van der Waals surface area contributed by atoms with Crippen LogP contribution >= 0.6 is 0 Å². The molecule has 2 N–H and O–H groups in total. The summed E-state index contributed by atoms with van der Waals surface area (Å²) in [5.41, 5.74) is 2.22. The van der Waals surface area contributed by atoms with Crippen LogP contribution in [0.3, 0.4) is 0 Å². The van der Waals surface area contributed by atoms with Gasteiger partial charge in [-0.15, -0.1) is 0 Å². The maximum absolute atomic E-state index is 11.2. The monoisotopic (exact) mass is 233 g/mol. The fourth-order valence-corrected chi connectivity index (χ4v) is 2.14. The van der Waals surface area contributed by atoms with Gasteiger partial charge in [0.15, 0.2) is 0 Å². The van der Waals surface area contributed by atoms with Crippen molar-refractivity contribution in [3.8, 4) is 0 Å². The molecular weight excluding hydrogens is 218 g/mol. The van der Waals surface area contributed by atoms with Gasteiger partial charge in [-0.1, -0.05) is 29.8 Å². The Labute approximate surface area is 99.6 Å². The first kappa shape index (κ1) is 11.6. The lowest BCUT2D eigenvalue weighted by molar-refractivity contribution is -0.142. The molecule has 1 saturated heterocycles. The molecule has 1 aliphatic heterocycles. The minimum absolute atomic E-state index is 0.0891. The highest BCUT2D eigenvalue weighted by Gasteiger charge is 2.37. The van der Waals surface area contributed by atoms with Crippen LogP contribution in [0.1, 0.15) is 17.5 Å². The molecule has 0 saturated carbocycles. The number of aryl methyl sites for hydroxylation is 1. The van der Waals surface area contributed by atoms with Gasteiger partial charge < -0.3 is 10.4 Å². The van der Waals surface area contributed by atoms with Crippen molar-refractivity contribution in [3.63, 3.8) is 0 Å². The molecule has 0 aromatic heterocycles. The summed E-state index contributed by atoms with van der Waals surface area (Å²) >= 11 is 0. The largest absolute Gasteiger partial charge is 0.481 e. The topological polar surface area (TPSA) is 66.4 Å². The summed E-state index contributed by atoms with van der Waals surface area (Å²) in [5, 5.41) is 11.8. The van der Waals surface area contributed by atoms with Gasteiger partial charge in [-0.3, -0.25) is 9.59 Å². The Morgan fingerprint density at radius 3 is 2.65 bits per heavy atom. The van der Waals surface area contributed by atoms with Gasteiger partial charge in [-0.2, -0.15) is 0 Å². The molecule has 4 heteroatoms. The number of carbonyl (C=O) groups excluding carboxylic acids is 1. The fraction of sp³-hybridized carbons (Fsp3) is 0.385. The zero-order valence-corrected chi connectivity index (χ0v) is 9.64. The van der Waals surface area contributed by atoms with Gasteiger partial charge in [0, 0.05) is 12.5 Å². The third-order valence-electron chi connectivity index (χ3n) is 3.13. The minimum Gasteiger partial charge on any atom is -0.481 e. The van der Waals surface area contributed by atoms with E-state index in [1.54, 1.807) is 0 Å². The second-order valence-electron chi connectivity index (χ2n) is 4.51. The molecule has 0 bridgehead atoms. The zero-order valence-electron chi connectivity index (χ0n) is 9.64. The van der Waals surface area contributed by atoms with E-state index in [2.05, 4.69) is 5.32 Å². The molecule has 1 amide bonds. The lowest BCUT2D eigenvalue weighted by Gasteiger charge is -2.15. The van der Waals surface area contributed by atoms with Crippen LogP contribution in [-0.2, 0) is 16.0 Å². The van der Waals surface area contributed by atoms with Crippen molar-refractivity contribution in [1.29, 1.82) is 0 Å². The molecular formula is C13H15NO3. The van der Waals surface area contributed by atoms with E-state index >= 15 is 0 Å². The van der Waals surface area contributed by atoms with E-state index in [0.717, 1.165) is 5.56 Å². The van der Waals surface area contributed by atoms with E-state index < -0.39 is 11.9 Å². The highest BCUT2D eigenvalue weighted by atomic mass is 16.4. The second-order valence-corrected chi connectivity index (χ2v) is 4.51. The fourth-order valence-electron chi connectivity index (χ4n) is 2.14. The highest BCUT2D eigenvalue weighted by molar-refractivity contribution is 5.86. The Hall–Kier alpha value is -1.84. The molecule has 1 aromatic carbocycles. The Morgan fingerprint density at radius 1 is 1.41 bits per heavy atom. The van der Waals surface area contributed by atoms with Gasteiger partial charge in [-0.25, -0.2) is 0 Å². The van der Waals surface area contributed by atoms with Crippen molar-refractivity contribution in [2.45, 2.75) is 25.8 Å². The number of benzene rings is 1. The predicted octanol–water partition coefficient (Wildman–Crippen LogP) is 1.13. The maximum atomic E-state index is 11.2. The van der Waals surface area contributed by atoms with Crippen LogP contribution in [0, 0.1) is 12.8 Å². The van der Waals surface area contributed by atoms with E-state index in [4.69, 9.17) is 5.11 Å². The predicted molar refractivity (Wildman–Crippen MR) is 62.6 cm³/mol. The van der Waals surface area contributed by atoms with Crippen molar-refractivity contribution in [2.24, 2.45) is 5.92 Å². The molecule has 0 aliphatic carbocycles. The number of rotatable bonds is 3. The molecule has 1 aliphatic rings. The molecule has 1 heterocycles. The summed E-state index contributed by atoms with van der Waals surface area (Å²) in [6, 6.07) is 7.63. The SMILES string of the molecule is Cc1ccc(CC2NC(=O)CC2C(=O)O)cc1. The van der Waals surface area contributed by atoms with Crippen LogP contribution in [0.5, 0.6) is 0 Å². The van der Waals surface area contributed by atoms with Gasteiger partial charge in [-0.05, 0) is 18.9 Å². The summed E-state index contributed by atoms with van der Waals surface area (Å²) in [5.74, 6) is -1.68. The van der Waals surface area contributed by atoms with Crippen LogP contribution in [0.25, 0.3) is 0 Å². The molecule has 0 spiro atoms. The minimum atomic E-state index is -0.902. The Bertz CT molecular complexity index is 438. The van der Waals surface area contributed by atoms with Crippen molar-refractivity contribution in [2.75, 3.05) is 0 Å². The first-order chi connectivity index (χ1) is 8.06. The summed E-state index contributed by atoms with van der Waals surface area (Å²) in [6.07, 6.45) is 0.662. The Morgan fingerprint density at radius 2 is 2.06 bits per heavy atom. The van der Waals surface area contributed by atoms with Gasteiger partial charge in [0.2, 0.25) is 5.91 Å². The van der Waals surface area contributed by atoms with E-state index in [-0.39, 0.29) is 18.4 Å². The summed E-state index contributed by atoms with van der Waals surface area (Å²) in [4.78, 5) is 22.2. The highest BCUT2D eigenvalue weighted by Crippen LogP contribution is 2.20. The lowest BCUT2D eigenvalue weighted by Crippen LogP contribution is -2.34. The van der Waals surface area contributed by atoms with E-state index in [0.29, 0.717) is 6.42 Å². The standard InChI is InChI=1S/C13H15NO3/c1-8-2-4-9(5-3-8)6-11-10(13(16)17)7-12(15)14-11/h2-5,10-11H,6-7H2,1H3,(H,14,15)(H,16,17). The third-order valence-corrected chi connectivity index (χ3v) is 3.13. The van der Waals surface area contributed by atoms with Crippen molar-refractivity contribution >= 4 is 11.9 Å². The van der Waals surface area contributed by atoms with Gasteiger partial charge in [0.05, 0.1) is 5.92 Å². The summed E-state index contributed by atoms with van der Waals surface area (Å²) in [7, 11) is 0. The van der Waals surface area contributed by atoms with Crippen molar-refractivity contribution < 1.29 is 14.7 Å². The number of carboxylic acids is 1. The molecule has 1 aromatic rings. The molecule has 0 radical (unpaired) electrons. The van der Waals surface area contributed by atoms with Crippen LogP contribution in [0.15, 0.2) is 24.3 Å². The van der Waals surface area contributed by atoms with Gasteiger partial charge in [0.1, 0.15) is 0 Å². The maximum Gasteiger partial charge on any atom is 0.309 e. The van der Waals surface area contributed by atoms with E-state index in [9.17, 15) is 9.59 Å². The first-order valence-corrected chi connectivity index (χ1v) is 5.64. The van der Waals surface area contributed by atoms with Crippen LogP contribution in [0.4, 0.5) is 0 Å². The van der Waals surface area contributed by atoms with Crippen LogP contribution in [0.2, 0.25) is 0 Å². The van der Waals surface area contributed by atoms with Gasteiger partial charge in [0.25, 0.3) is 0 Å². The number of nitrogens with one attached hydrogen (secondary N) is 1. The molecule has 90 valence electrons. The average molecular weight is 233 g/mol. The molecule has 2 unspecified atom stereocenters. The van der Waals surface area contributed by atoms with Crippen LogP contribution in [-0.4, -0.2) is 23.0 Å². The molecule has 4 nitrogen and oxygen atoms in total. The number of amides is 1. The smallest absolute Gasteiger partial charge is 0.309 e. The lowest BCUT2D eigenvalue weighted by atomic mass is 9.94. The average Bonchev–Trinajstić information content (AvgIpc) is 2.63. The second kappa shape index (κ2) is 4.57. The number of carbonyl (C=O) groups is 2. The van der Waals surface area contributed by atoms with E-state index in [1.807, 2.05) is 31.2 Å². The number of hydrogen-bond donors (Lipinski definition) is 2. The number of hydrogen-bond acceptors (Lipinski definition) is 2. The Balaban J connectivity index is 2.09. The van der Waals surface area contributed by atoms with Crippen molar-refractivity contribution in [1.82, 2.24) is 5.32 Å². The number of aliphatic carboxylic acids is 1. The molecule has 1 fully saturated rings.